The number of anilines is 1. The van der Waals surface area contributed by atoms with Gasteiger partial charge >= 0.3 is 0 Å². The van der Waals surface area contributed by atoms with Crippen LogP contribution in [0.4, 0.5) is 10.1 Å². The standard InChI is InChI=1S/C25H26FN3O2S/c1-17-8-9-20(15-22(17)26)29(23(30)16-21-7-4-14-32-21)24(18-10-12-27-13-11-18)25(31)28-19-5-2-3-6-19/h4,7-15,19,24H,2-3,5-6,16H2,1H3,(H,28,31). The fraction of sp³-hybridized carbons (Fsp3) is 0.320. The lowest BCUT2D eigenvalue weighted by Crippen LogP contribution is -2.46. The predicted molar refractivity (Wildman–Crippen MR) is 124 cm³/mol. The van der Waals surface area contributed by atoms with Gasteiger partial charge in [0.05, 0.1) is 6.42 Å². The van der Waals surface area contributed by atoms with Crippen molar-refractivity contribution in [2.75, 3.05) is 4.90 Å². The Kier molecular flexibility index (Phi) is 6.95. The van der Waals surface area contributed by atoms with Crippen molar-refractivity contribution in [1.82, 2.24) is 10.3 Å². The lowest BCUT2D eigenvalue weighted by Gasteiger charge is -2.32. The third kappa shape index (κ3) is 5.05. The van der Waals surface area contributed by atoms with Gasteiger partial charge < -0.3 is 5.32 Å². The van der Waals surface area contributed by atoms with Gasteiger partial charge in [-0.15, -0.1) is 11.3 Å². The second-order valence-corrected chi connectivity index (χ2v) is 9.16. The number of amides is 2. The summed E-state index contributed by atoms with van der Waals surface area (Å²) in [6.07, 6.45) is 7.34. The number of rotatable bonds is 7. The summed E-state index contributed by atoms with van der Waals surface area (Å²) in [6, 6.07) is 11.1. The van der Waals surface area contributed by atoms with Crippen LogP contribution in [0.15, 0.2) is 60.2 Å². The van der Waals surface area contributed by atoms with E-state index in [1.165, 1.54) is 22.3 Å². The number of carbonyl (C=O) groups is 2. The van der Waals surface area contributed by atoms with Gasteiger partial charge in [0.2, 0.25) is 11.8 Å². The molecule has 1 atom stereocenters. The number of aromatic nitrogens is 1. The minimum Gasteiger partial charge on any atom is -0.351 e. The Balaban J connectivity index is 1.76. The van der Waals surface area contributed by atoms with Gasteiger partial charge in [-0.1, -0.05) is 25.0 Å². The summed E-state index contributed by atoms with van der Waals surface area (Å²) in [4.78, 5) is 33.5. The first kappa shape index (κ1) is 22.1. The second-order valence-electron chi connectivity index (χ2n) is 8.13. The van der Waals surface area contributed by atoms with Crippen molar-refractivity contribution in [2.45, 2.75) is 51.1 Å². The first-order valence-corrected chi connectivity index (χ1v) is 11.7. The van der Waals surface area contributed by atoms with E-state index in [1.807, 2.05) is 17.5 Å². The number of pyridine rings is 1. The Labute approximate surface area is 191 Å². The van der Waals surface area contributed by atoms with E-state index in [4.69, 9.17) is 0 Å². The lowest BCUT2D eigenvalue weighted by atomic mass is 10.0. The first-order chi connectivity index (χ1) is 15.5. The van der Waals surface area contributed by atoms with E-state index in [1.54, 1.807) is 43.6 Å². The van der Waals surface area contributed by atoms with Crippen molar-refractivity contribution in [3.05, 3.63) is 82.1 Å². The molecular formula is C25H26FN3O2S. The van der Waals surface area contributed by atoms with Crippen molar-refractivity contribution >= 4 is 28.8 Å². The topological polar surface area (TPSA) is 62.3 Å². The summed E-state index contributed by atoms with van der Waals surface area (Å²) in [5.41, 5.74) is 1.48. The van der Waals surface area contributed by atoms with Crippen LogP contribution in [-0.2, 0) is 16.0 Å². The van der Waals surface area contributed by atoms with Crippen LogP contribution in [0.25, 0.3) is 0 Å². The van der Waals surface area contributed by atoms with Crippen LogP contribution in [0.2, 0.25) is 0 Å². The van der Waals surface area contributed by atoms with E-state index in [2.05, 4.69) is 10.3 Å². The minimum absolute atomic E-state index is 0.0934. The van der Waals surface area contributed by atoms with E-state index in [-0.39, 0.29) is 24.3 Å². The molecule has 0 aliphatic heterocycles. The van der Waals surface area contributed by atoms with Crippen molar-refractivity contribution < 1.29 is 14.0 Å². The zero-order valence-electron chi connectivity index (χ0n) is 18.0. The maximum absolute atomic E-state index is 14.5. The number of hydrogen-bond donors (Lipinski definition) is 1. The molecule has 0 saturated heterocycles. The zero-order valence-corrected chi connectivity index (χ0v) is 18.8. The number of hydrogen-bond acceptors (Lipinski definition) is 4. The van der Waals surface area contributed by atoms with E-state index in [9.17, 15) is 14.0 Å². The van der Waals surface area contributed by atoms with Gasteiger partial charge in [-0.3, -0.25) is 19.5 Å². The van der Waals surface area contributed by atoms with Gasteiger partial charge in [0.1, 0.15) is 11.9 Å². The third-order valence-electron chi connectivity index (χ3n) is 5.84. The molecule has 0 bridgehead atoms. The normalized spacial score (nSPS) is 14.8. The number of benzene rings is 1. The molecule has 2 heterocycles. The molecule has 7 heteroatoms. The van der Waals surface area contributed by atoms with Gasteiger partial charge in [0.15, 0.2) is 0 Å². The average Bonchev–Trinajstić information content (AvgIpc) is 3.49. The highest BCUT2D eigenvalue weighted by Crippen LogP contribution is 2.31. The second kappa shape index (κ2) is 10.0. The monoisotopic (exact) mass is 451 g/mol. The number of thiophene rings is 1. The van der Waals surface area contributed by atoms with Gasteiger partial charge in [-0.25, -0.2) is 4.39 Å². The molecule has 2 aromatic heterocycles. The van der Waals surface area contributed by atoms with Crippen LogP contribution in [0.5, 0.6) is 0 Å². The highest BCUT2D eigenvalue weighted by Gasteiger charge is 2.34. The van der Waals surface area contributed by atoms with Gasteiger partial charge in [-0.05, 0) is 66.6 Å². The van der Waals surface area contributed by atoms with E-state index in [0.29, 0.717) is 16.8 Å². The highest BCUT2D eigenvalue weighted by atomic mass is 32.1. The molecule has 1 aromatic carbocycles. The van der Waals surface area contributed by atoms with Crippen molar-refractivity contribution in [1.29, 1.82) is 0 Å². The van der Waals surface area contributed by atoms with Gasteiger partial charge in [0, 0.05) is 29.0 Å². The molecule has 3 aromatic rings. The molecule has 0 spiro atoms. The SMILES string of the molecule is Cc1ccc(N(C(=O)Cc2cccs2)C(C(=O)NC2CCCC2)c2ccncc2)cc1F. The molecule has 4 rings (SSSR count). The van der Waals surface area contributed by atoms with Crippen LogP contribution in [-0.4, -0.2) is 22.8 Å². The lowest BCUT2D eigenvalue weighted by molar-refractivity contribution is -0.127. The van der Waals surface area contributed by atoms with Crippen LogP contribution >= 0.6 is 11.3 Å². The molecule has 1 N–H and O–H groups in total. The Morgan fingerprint density at radius 3 is 2.59 bits per heavy atom. The quantitative estimate of drug-likeness (QED) is 0.552. The van der Waals surface area contributed by atoms with Crippen molar-refractivity contribution in [3.8, 4) is 0 Å². The molecule has 32 heavy (non-hydrogen) atoms. The highest BCUT2D eigenvalue weighted by molar-refractivity contribution is 7.10. The molecular weight excluding hydrogens is 425 g/mol. The summed E-state index contributed by atoms with van der Waals surface area (Å²) < 4.78 is 14.5. The summed E-state index contributed by atoms with van der Waals surface area (Å²) in [7, 11) is 0. The van der Waals surface area contributed by atoms with E-state index < -0.39 is 11.9 Å². The van der Waals surface area contributed by atoms with Gasteiger partial charge in [-0.2, -0.15) is 0 Å². The summed E-state index contributed by atoms with van der Waals surface area (Å²) in [5, 5.41) is 5.03. The number of aryl methyl sites for hydroxylation is 1. The molecule has 1 saturated carbocycles. The van der Waals surface area contributed by atoms with Crippen LogP contribution in [0, 0.1) is 12.7 Å². The Morgan fingerprint density at radius 1 is 1.19 bits per heavy atom. The van der Waals surface area contributed by atoms with E-state index in [0.717, 1.165) is 30.6 Å². The van der Waals surface area contributed by atoms with Gasteiger partial charge in [0.25, 0.3) is 0 Å². The minimum atomic E-state index is -0.923. The molecule has 5 nitrogen and oxygen atoms in total. The molecule has 2 amide bonds. The maximum atomic E-state index is 14.5. The smallest absolute Gasteiger partial charge is 0.248 e. The summed E-state index contributed by atoms with van der Waals surface area (Å²) in [5.74, 6) is -0.941. The van der Waals surface area contributed by atoms with Crippen molar-refractivity contribution in [2.24, 2.45) is 0 Å². The maximum Gasteiger partial charge on any atom is 0.248 e. The number of nitrogens with one attached hydrogen (secondary N) is 1. The average molecular weight is 452 g/mol. The Hall–Kier alpha value is -3.06. The molecule has 166 valence electrons. The summed E-state index contributed by atoms with van der Waals surface area (Å²) >= 11 is 1.48. The molecule has 1 aliphatic rings. The Morgan fingerprint density at radius 2 is 1.94 bits per heavy atom. The molecule has 1 aliphatic carbocycles. The number of halogens is 1. The number of nitrogens with zero attached hydrogens (tertiary/aromatic N) is 2. The van der Waals surface area contributed by atoms with Crippen molar-refractivity contribution in [3.63, 3.8) is 0 Å². The Bertz CT molecular complexity index is 1070. The molecule has 0 radical (unpaired) electrons. The number of carbonyl (C=O) groups excluding carboxylic acids is 2. The fourth-order valence-electron chi connectivity index (χ4n) is 4.13. The largest absolute Gasteiger partial charge is 0.351 e. The van der Waals surface area contributed by atoms with Crippen LogP contribution < -0.4 is 10.2 Å². The first-order valence-electron chi connectivity index (χ1n) is 10.8. The third-order valence-corrected chi connectivity index (χ3v) is 6.71. The molecule has 1 fully saturated rings. The zero-order chi connectivity index (χ0) is 22.5. The fourth-order valence-corrected chi connectivity index (χ4v) is 4.83. The predicted octanol–water partition coefficient (Wildman–Crippen LogP) is 4.97. The van der Waals surface area contributed by atoms with Crippen LogP contribution in [0.1, 0.15) is 47.7 Å². The molecule has 1 unspecified atom stereocenters. The summed E-state index contributed by atoms with van der Waals surface area (Å²) in [6.45, 7) is 1.67. The van der Waals surface area contributed by atoms with E-state index >= 15 is 0 Å². The van der Waals surface area contributed by atoms with Crippen LogP contribution in [0.3, 0.4) is 0 Å².